The maximum atomic E-state index is 12.3. The SMILES string of the molecule is COc1cc(/C=N\NC(=O)CNc2ccc(C)cc2)ccc1OC(F)F. The molecule has 0 radical (unpaired) electrons. The van der Waals surface area contributed by atoms with E-state index in [0.29, 0.717) is 5.56 Å². The molecule has 0 aliphatic rings. The Balaban J connectivity index is 1.86. The van der Waals surface area contributed by atoms with Gasteiger partial charge in [-0.15, -0.1) is 0 Å². The highest BCUT2D eigenvalue weighted by molar-refractivity contribution is 5.84. The summed E-state index contributed by atoms with van der Waals surface area (Å²) in [6, 6.07) is 12.0. The Morgan fingerprint density at radius 2 is 1.92 bits per heavy atom. The zero-order valence-electron chi connectivity index (χ0n) is 14.3. The van der Waals surface area contributed by atoms with E-state index in [0.717, 1.165) is 11.3 Å². The van der Waals surface area contributed by atoms with Crippen molar-refractivity contribution in [2.45, 2.75) is 13.5 Å². The number of ether oxygens (including phenoxy) is 2. The van der Waals surface area contributed by atoms with Gasteiger partial charge in [0.2, 0.25) is 0 Å². The maximum Gasteiger partial charge on any atom is 0.387 e. The predicted octanol–water partition coefficient (Wildman–Crippen LogP) is 3.17. The molecule has 0 atom stereocenters. The largest absolute Gasteiger partial charge is 0.493 e. The van der Waals surface area contributed by atoms with Crippen LogP contribution in [0.25, 0.3) is 0 Å². The van der Waals surface area contributed by atoms with Gasteiger partial charge in [-0.3, -0.25) is 4.79 Å². The second-order valence-corrected chi connectivity index (χ2v) is 5.30. The van der Waals surface area contributed by atoms with Crippen molar-refractivity contribution >= 4 is 17.8 Å². The number of nitrogens with one attached hydrogen (secondary N) is 2. The molecule has 0 aliphatic heterocycles. The van der Waals surface area contributed by atoms with Crippen LogP contribution < -0.4 is 20.2 Å². The van der Waals surface area contributed by atoms with Crippen molar-refractivity contribution in [2.24, 2.45) is 5.10 Å². The van der Waals surface area contributed by atoms with Crippen LogP contribution in [0.1, 0.15) is 11.1 Å². The van der Waals surface area contributed by atoms with Crippen molar-refractivity contribution in [1.82, 2.24) is 5.43 Å². The van der Waals surface area contributed by atoms with Gasteiger partial charge >= 0.3 is 6.61 Å². The van der Waals surface area contributed by atoms with Crippen LogP contribution in [0.15, 0.2) is 47.6 Å². The van der Waals surface area contributed by atoms with E-state index < -0.39 is 6.61 Å². The normalized spacial score (nSPS) is 10.8. The van der Waals surface area contributed by atoms with Gasteiger partial charge < -0.3 is 14.8 Å². The van der Waals surface area contributed by atoms with Crippen molar-refractivity contribution in [3.8, 4) is 11.5 Å². The number of rotatable bonds is 8. The number of hydrogen-bond acceptors (Lipinski definition) is 5. The Bertz CT molecular complexity index is 765. The number of benzene rings is 2. The van der Waals surface area contributed by atoms with Crippen LogP contribution in [-0.4, -0.2) is 32.4 Å². The van der Waals surface area contributed by atoms with Crippen molar-refractivity contribution in [3.05, 3.63) is 53.6 Å². The predicted molar refractivity (Wildman–Crippen MR) is 95.0 cm³/mol. The summed E-state index contributed by atoms with van der Waals surface area (Å²) < 4.78 is 33.9. The van der Waals surface area contributed by atoms with Gasteiger partial charge in [-0.05, 0) is 42.8 Å². The molecule has 0 heterocycles. The third-order valence-corrected chi connectivity index (χ3v) is 3.31. The summed E-state index contributed by atoms with van der Waals surface area (Å²) in [4.78, 5) is 11.8. The Hall–Kier alpha value is -3.16. The average Bonchev–Trinajstić information content (AvgIpc) is 2.62. The lowest BCUT2D eigenvalue weighted by Crippen LogP contribution is -2.25. The molecule has 2 aromatic carbocycles. The van der Waals surface area contributed by atoms with Crippen molar-refractivity contribution in [2.75, 3.05) is 19.0 Å². The van der Waals surface area contributed by atoms with Crippen LogP contribution in [0.2, 0.25) is 0 Å². The minimum absolute atomic E-state index is 0.0604. The molecule has 0 saturated heterocycles. The molecule has 8 heteroatoms. The summed E-state index contributed by atoms with van der Waals surface area (Å²) in [5.41, 5.74) is 4.88. The molecule has 2 rings (SSSR count). The van der Waals surface area contributed by atoms with E-state index in [-0.39, 0.29) is 24.0 Å². The van der Waals surface area contributed by atoms with E-state index in [9.17, 15) is 13.6 Å². The van der Waals surface area contributed by atoms with Gasteiger partial charge in [0.15, 0.2) is 11.5 Å². The number of anilines is 1. The number of hydrogen-bond donors (Lipinski definition) is 2. The molecule has 0 fully saturated rings. The molecule has 0 spiro atoms. The standard InChI is InChI=1S/C18H19F2N3O3/c1-12-3-6-14(7-4-12)21-11-17(24)23-22-10-13-5-8-15(26-18(19)20)16(9-13)25-2/h3-10,18,21H,11H2,1-2H3,(H,23,24)/b22-10-. The monoisotopic (exact) mass is 363 g/mol. The van der Waals surface area contributed by atoms with Gasteiger partial charge in [-0.25, -0.2) is 5.43 Å². The first kappa shape index (κ1) is 19.2. The fraction of sp³-hybridized carbons (Fsp3) is 0.222. The van der Waals surface area contributed by atoms with Gasteiger partial charge in [0.25, 0.3) is 5.91 Å². The number of halogens is 2. The molecule has 0 unspecified atom stereocenters. The number of amides is 1. The summed E-state index contributed by atoms with van der Waals surface area (Å²) in [6.45, 7) is -0.902. The number of aryl methyl sites for hydroxylation is 1. The minimum Gasteiger partial charge on any atom is -0.493 e. The van der Waals surface area contributed by atoms with E-state index in [2.05, 4.69) is 20.6 Å². The first-order chi connectivity index (χ1) is 12.5. The summed E-state index contributed by atoms with van der Waals surface area (Å²) >= 11 is 0. The number of alkyl halides is 2. The van der Waals surface area contributed by atoms with Gasteiger partial charge in [0, 0.05) is 5.69 Å². The molecule has 1 amide bonds. The lowest BCUT2D eigenvalue weighted by molar-refractivity contribution is -0.119. The van der Waals surface area contributed by atoms with Crippen LogP contribution in [0.4, 0.5) is 14.5 Å². The Morgan fingerprint density at radius 1 is 1.19 bits per heavy atom. The van der Waals surface area contributed by atoms with Gasteiger partial charge in [0.1, 0.15) is 0 Å². The van der Waals surface area contributed by atoms with Gasteiger partial charge in [-0.2, -0.15) is 13.9 Å². The van der Waals surface area contributed by atoms with Crippen molar-refractivity contribution < 1.29 is 23.0 Å². The third-order valence-electron chi connectivity index (χ3n) is 3.31. The molecule has 26 heavy (non-hydrogen) atoms. The Labute approximate surface area is 149 Å². The second-order valence-electron chi connectivity index (χ2n) is 5.30. The highest BCUT2D eigenvalue weighted by atomic mass is 19.3. The highest BCUT2D eigenvalue weighted by Gasteiger charge is 2.10. The Morgan fingerprint density at radius 3 is 2.58 bits per heavy atom. The van der Waals surface area contributed by atoms with Gasteiger partial charge in [-0.1, -0.05) is 17.7 Å². The quantitative estimate of drug-likeness (QED) is 0.558. The number of carbonyl (C=O) groups is 1. The molecule has 0 saturated carbocycles. The van der Waals surface area contributed by atoms with Crippen LogP contribution in [-0.2, 0) is 4.79 Å². The van der Waals surface area contributed by atoms with Crippen LogP contribution in [0.3, 0.4) is 0 Å². The lowest BCUT2D eigenvalue weighted by atomic mass is 10.2. The first-order valence-electron chi connectivity index (χ1n) is 7.73. The zero-order chi connectivity index (χ0) is 18.9. The van der Waals surface area contributed by atoms with E-state index >= 15 is 0 Å². The van der Waals surface area contributed by atoms with Crippen molar-refractivity contribution in [1.29, 1.82) is 0 Å². The smallest absolute Gasteiger partial charge is 0.387 e. The number of hydrazone groups is 1. The van der Waals surface area contributed by atoms with E-state index in [1.54, 1.807) is 0 Å². The van der Waals surface area contributed by atoms with Crippen molar-refractivity contribution in [3.63, 3.8) is 0 Å². The van der Waals surface area contributed by atoms with E-state index in [4.69, 9.17) is 4.74 Å². The molecule has 2 aromatic rings. The third kappa shape index (κ3) is 6.04. The fourth-order valence-corrected chi connectivity index (χ4v) is 2.03. The summed E-state index contributed by atoms with van der Waals surface area (Å²) in [7, 11) is 1.34. The molecule has 2 N–H and O–H groups in total. The number of carbonyl (C=O) groups excluding carboxylic acids is 1. The summed E-state index contributed by atoms with van der Waals surface area (Å²) in [5.74, 6) is -0.265. The summed E-state index contributed by atoms with van der Waals surface area (Å²) in [6.07, 6.45) is 1.37. The molecule has 6 nitrogen and oxygen atoms in total. The zero-order valence-corrected chi connectivity index (χ0v) is 14.3. The van der Waals surface area contributed by atoms with E-state index in [1.807, 2.05) is 31.2 Å². The van der Waals surface area contributed by atoms with Gasteiger partial charge in [0.05, 0.1) is 19.9 Å². The molecule has 138 valence electrons. The molecular formula is C18H19F2N3O3. The molecular weight excluding hydrogens is 344 g/mol. The number of nitrogens with zero attached hydrogens (tertiary/aromatic N) is 1. The highest BCUT2D eigenvalue weighted by Crippen LogP contribution is 2.28. The maximum absolute atomic E-state index is 12.3. The minimum atomic E-state index is -2.94. The average molecular weight is 363 g/mol. The van der Waals surface area contributed by atoms with E-state index in [1.165, 1.54) is 31.5 Å². The molecule has 0 aromatic heterocycles. The van der Waals surface area contributed by atoms with Crippen LogP contribution >= 0.6 is 0 Å². The van der Waals surface area contributed by atoms with Crippen LogP contribution in [0.5, 0.6) is 11.5 Å². The summed E-state index contributed by atoms with van der Waals surface area (Å²) in [5, 5.41) is 6.80. The molecule has 0 aliphatic carbocycles. The molecule has 0 bridgehead atoms. The lowest BCUT2D eigenvalue weighted by Gasteiger charge is -2.10. The first-order valence-corrected chi connectivity index (χ1v) is 7.73. The van der Waals surface area contributed by atoms with Crippen LogP contribution in [0, 0.1) is 6.92 Å². The topological polar surface area (TPSA) is 72.0 Å². The fourth-order valence-electron chi connectivity index (χ4n) is 2.03. The Kier molecular flexibility index (Phi) is 6.90. The number of methoxy groups -OCH3 is 1. The second kappa shape index (κ2) is 9.36.